The first kappa shape index (κ1) is 20.9. The number of H-pyrrole nitrogens is 1. The van der Waals surface area contributed by atoms with E-state index in [4.69, 9.17) is 23.2 Å². The number of aromatic amines is 1. The van der Waals surface area contributed by atoms with Gasteiger partial charge in [-0.25, -0.2) is 0 Å². The molecular weight excluding hydrogens is 369 g/mol. The van der Waals surface area contributed by atoms with Crippen LogP contribution in [-0.4, -0.2) is 15.9 Å². The fraction of sp³-hybridized carbons (Fsp3) is 0.476. The normalized spacial score (nSPS) is 12.5. The number of nitrogens with one attached hydrogen (secondary N) is 1. The highest BCUT2D eigenvalue weighted by molar-refractivity contribution is 6.43. The molecule has 0 spiro atoms. The Hall–Kier alpha value is -1.45. The molecule has 5 heteroatoms. The van der Waals surface area contributed by atoms with E-state index in [9.17, 15) is 9.90 Å². The maximum Gasteiger partial charge on any atom is 0.166 e. The summed E-state index contributed by atoms with van der Waals surface area (Å²) in [6.07, 6.45) is 2.45. The third-order valence-electron chi connectivity index (χ3n) is 4.50. The van der Waals surface area contributed by atoms with E-state index in [1.807, 2.05) is 12.1 Å². The van der Waals surface area contributed by atoms with Gasteiger partial charge in [-0.3, -0.25) is 4.79 Å². The van der Waals surface area contributed by atoms with Gasteiger partial charge in [0.2, 0.25) is 0 Å². The van der Waals surface area contributed by atoms with Gasteiger partial charge in [0, 0.05) is 12.6 Å². The van der Waals surface area contributed by atoms with Crippen LogP contribution in [0, 0.1) is 0 Å². The van der Waals surface area contributed by atoms with Crippen LogP contribution in [0.2, 0.25) is 10.2 Å². The third-order valence-corrected chi connectivity index (χ3v) is 5.29. The molecule has 3 nitrogen and oxygen atoms in total. The molecule has 0 fully saturated rings. The Balaban J connectivity index is 2.34. The molecule has 0 aliphatic rings. The lowest BCUT2D eigenvalue weighted by Gasteiger charge is -2.28. The van der Waals surface area contributed by atoms with Crippen LogP contribution in [0.1, 0.15) is 75.0 Å². The number of halogens is 2. The fourth-order valence-electron chi connectivity index (χ4n) is 2.96. The number of aromatic hydroxyl groups is 1. The lowest BCUT2D eigenvalue weighted by molar-refractivity contribution is 0.0983. The number of aromatic nitrogens is 1. The zero-order chi connectivity index (χ0) is 19.9. The van der Waals surface area contributed by atoms with Gasteiger partial charge in [0.15, 0.2) is 5.78 Å². The van der Waals surface area contributed by atoms with E-state index in [-0.39, 0.29) is 26.8 Å². The number of hydrogen-bond acceptors (Lipinski definition) is 2. The second-order valence-corrected chi connectivity index (χ2v) is 9.55. The molecule has 0 amide bonds. The minimum Gasteiger partial charge on any atom is -0.507 e. The van der Waals surface area contributed by atoms with Crippen LogP contribution < -0.4 is 0 Å². The highest BCUT2D eigenvalue weighted by Gasteiger charge is 2.26. The molecule has 2 aromatic rings. The molecule has 1 heterocycles. The van der Waals surface area contributed by atoms with Crippen molar-refractivity contribution in [2.45, 2.75) is 65.2 Å². The number of hydrogen-bond donors (Lipinski definition) is 2. The monoisotopic (exact) mass is 395 g/mol. The predicted octanol–water partition coefficient (Wildman–Crippen LogP) is 6.44. The maximum absolute atomic E-state index is 12.5. The van der Waals surface area contributed by atoms with Crippen molar-refractivity contribution in [3.8, 4) is 5.75 Å². The summed E-state index contributed by atoms with van der Waals surface area (Å²) in [5, 5.41) is 11.3. The van der Waals surface area contributed by atoms with Crippen molar-refractivity contribution >= 4 is 29.0 Å². The predicted molar refractivity (Wildman–Crippen MR) is 109 cm³/mol. The minimum absolute atomic E-state index is 0.0548. The average Bonchev–Trinajstić information content (AvgIpc) is 2.83. The van der Waals surface area contributed by atoms with Crippen molar-refractivity contribution < 1.29 is 9.90 Å². The van der Waals surface area contributed by atoms with Crippen molar-refractivity contribution in [1.29, 1.82) is 0 Å². The zero-order valence-electron chi connectivity index (χ0n) is 16.3. The van der Waals surface area contributed by atoms with E-state index in [1.54, 1.807) is 6.20 Å². The molecule has 0 radical (unpaired) electrons. The summed E-state index contributed by atoms with van der Waals surface area (Å²) in [5.41, 5.74) is 2.86. The maximum atomic E-state index is 12.5. The lowest BCUT2D eigenvalue weighted by atomic mass is 9.78. The smallest absolute Gasteiger partial charge is 0.166 e. The first-order chi connectivity index (χ1) is 11.8. The van der Waals surface area contributed by atoms with Gasteiger partial charge in [0.25, 0.3) is 0 Å². The summed E-state index contributed by atoms with van der Waals surface area (Å²) in [6.45, 7) is 12.4. The summed E-state index contributed by atoms with van der Waals surface area (Å²) in [7, 11) is 0. The molecule has 2 N–H and O–H groups in total. The van der Waals surface area contributed by atoms with Crippen LogP contribution >= 0.6 is 23.2 Å². The van der Waals surface area contributed by atoms with Gasteiger partial charge >= 0.3 is 0 Å². The van der Waals surface area contributed by atoms with Gasteiger partial charge < -0.3 is 10.1 Å². The molecule has 0 bridgehead atoms. The largest absolute Gasteiger partial charge is 0.507 e. The second-order valence-electron chi connectivity index (χ2n) is 8.79. The second kappa shape index (κ2) is 7.28. The van der Waals surface area contributed by atoms with Gasteiger partial charge in [0.05, 0.1) is 10.6 Å². The SMILES string of the molecule is CC(C)(C)c1cc(CCC(=O)c2c[nH]c(Cl)c2Cl)cc(C(C)(C)C)c1O. The number of aryl methyl sites for hydroxylation is 1. The molecule has 1 aromatic heterocycles. The lowest BCUT2D eigenvalue weighted by Crippen LogP contribution is -2.18. The number of benzene rings is 1. The number of Topliss-reactive ketones (excluding diaryl/α,β-unsaturated/α-hetero) is 1. The van der Waals surface area contributed by atoms with Gasteiger partial charge in [-0.15, -0.1) is 0 Å². The Bertz CT molecular complexity index is 789. The molecule has 0 unspecified atom stereocenters. The molecule has 2 rings (SSSR count). The van der Waals surface area contributed by atoms with Crippen molar-refractivity contribution in [1.82, 2.24) is 4.98 Å². The molecule has 142 valence electrons. The van der Waals surface area contributed by atoms with Crippen LogP contribution in [-0.2, 0) is 17.3 Å². The van der Waals surface area contributed by atoms with Crippen molar-refractivity contribution in [2.75, 3.05) is 0 Å². The summed E-state index contributed by atoms with van der Waals surface area (Å²) in [5.74, 6) is 0.293. The number of carbonyl (C=O) groups is 1. The standard InChI is InChI=1S/C21H27Cl2NO2/c1-20(2,3)14-9-12(10-15(18(14)26)21(4,5)6)7-8-16(25)13-11-24-19(23)17(13)22/h9-11,24,26H,7-8H2,1-6H3. The molecule has 1 aromatic carbocycles. The Morgan fingerprint density at radius 3 is 1.92 bits per heavy atom. The molecule has 26 heavy (non-hydrogen) atoms. The molecule has 0 saturated heterocycles. The molecular formula is C21H27Cl2NO2. The van der Waals surface area contributed by atoms with E-state index >= 15 is 0 Å². The molecule has 0 aliphatic heterocycles. The summed E-state index contributed by atoms with van der Waals surface area (Å²) >= 11 is 11.9. The quantitative estimate of drug-likeness (QED) is 0.585. The van der Waals surface area contributed by atoms with Crippen LogP contribution in [0.25, 0.3) is 0 Å². The Morgan fingerprint density at radius 2 is 1.54 bits per heavy atom. The Labute approximate surface area is 165 Å². The Kier molecular flexibility index (Phi) is 5.84. The van der Waals surface area contributed by atoms with E-state index in [0.717, 1.165) is 16.7 Å². The number of phenols is 1. The van der Waals surface area contributed by atoms with Crippen LogP contribution in [0.4, 0.5) is 0 Å². The number of rotatable bonds is 4. The van der Waals surface area contributed by atoms with E-state index in [2.05, 4.69) is 46.5 Å². The molecule has 0 aliphatic carbocycles. The highest BCUT2D eigenvalue weighted by Crippen LogP contribution is 2.40. The zero-order valence-corrected chi connectivity index (χ0v) is 17.8. The summed E-state index contributed by atoms with van der Waals surface area (Å²) in [6, 6.07) is 4.01. The van der Waals surface area contributed by atoms with Crippen LogP contribution in [0.3, 0.4) is 0 Å². The molecule has 0 atom stereocenters. The van der Waals surface area contributed by atoms with E-state index in [1.165, 1.54) is 0 Å². The van der Waals surface area contributed by atoms with Crippen LogP contribution in [0.5, 0.6) is 5.75 Å². The van der Waals surface area contributed by atoms with E-state index < -0.39 is 0 Å². The number of ketones is 1. The topological polar surface area (TPSA) is 53.1 Å². The fourth-order valence-corrected chi connectivity index (χ4v) is 3.33. The van der Waals surface area contributed by atoms with Gasteiger partial charge in [0.1, 0.15) is 10.9 Å². The minimum atomic E-state index is -0.193. The first-order valence-corrected chi connectivity index (χ1v) is 9.50. The van der Waals surface area contributed by atoms with Crippen molar-refractivity contribution in [3.05, 3.63) is 50.8 Å². The first-order valence-electron chi connectivity index (χ1n) is 8.74. The van der Waals surface area contributed by atoms with Crippen LogP contribution in [0.15, 0.2) is 18.3 Å². The number of phenolic OH excluding ortho intramolecular Hbond substituents is 1. The van der Waals surface area contributed by atoms with E-state index in [0.29, 0.717) is 24.2 Å². The Morgan fingerprint density at radius 1 is 1.04 bits per heavy atom. The molecule has 0 saturated carbocycles. The summed E-state index contributed by atoms with van der Waals surface area (Å²) in [4.78, 5) is 15.2. The van der Waals surface area contributed by atoms with Crippen molar-refractivity contribution in [3.63, 3.8) is 0 Å². The highest BCUT2D eigenvalue weighted by atomic mass is 35.5. The summed E-state index contributed by atoms with van der Waals surface area (Å²) < 4.78 is 0. The third kappa shape index (κ3) is 4.44. The average molecular weight is 396 g/mol. The number of carbonyl (C=O) groups excluding carboxylic acids is 1. The van der Waals surface area contributed by atoms with Gasteiger partial charge in [-0.1, -0.05) is 76.9 Å². The van der Waals surface area contributed by atoms with Gasteiger partial charge in [-0.05, 0) is 33.9 Å². The van der Waals surface area contributed by atoms with Gasteiger partial charge in [-0.2, -0.15) is 0 Å². The van der Waals surface area contributed by atoms with Crippen molar-refractivity contribution in [2.24, 2.45) is 0 Å².